The normalized spacial score (nSPS) is 21.0. The van der Waals surface area contributed by atoms with Gasteiger partial charge in [0.2, 0.25) is 0 Å². The third kappa shape index (κ3) is 4.22. The molecule has 0 aromatic heterocycles. The second-order valence-electron chi connectivity index (χ2n) is 5.45. The van der Waals surface area contributed by atoms with E-state index in [1.165, 1.54) is 12.1 Å². The minimum atomic E-state index is -4.27. The SMILES string of the molecule is O=C(NC1CC(C(=O)O)C1)c1ccccc1CCC(F)(F)F. The van der Waals surface area contributed by atoms with Crippen LogP contribution in [-0.4, -0.2) is 29.2 Å². The van der Waals surface area contributed by atoms with E-state index < -0.39 is 30.4 Å². The van der Waals surface area contributed by atoms with Crippen LogP contribution in [0.25, 0.3) is 0 Å². The predicted octanol–water partition coefficient (Wildman–Crippen LogP) is 2.77. The summed E-state index contributed by atoms with van der Waals surface area (Å²) in [6.07, 6.45) is -4.80. The first-order valence-corrected chi connectivity index (χ1v) is 6.94. The number of halogens is 3. The van der Waals surface area contributed by atoms with Crippen molar-refractivity contribution in [1.82, 2.24) is 5.32 Å². The first-order chi connectivity index (χ1) is 10.3. The van der Waals surface area contributed by atoms with Gasteiger partial charge in [0.1, 0.15) is 0 Å². The van der Waals surface area contributed by atoms with E-state index >= 15 is 0 Å². The molecule has 0 radical (unpaired) electrons. The van der Waals surface area contributed by atoms with Gasteiger partial charge in [-0.1, -0.05) is 18.2 Å². The van der Waals surface area contributed by atoms with Crippen molar-refractivity contribution in [1.29, 1.82) is 0 Å². The monoisotopic (exact) mass is 315 g/mol. The van der Waals surface area contributed by atoms with Crippen LogP contribution in [0, 0.1) is 5.92 Å². The van der Waals surface area contributed by atoms with E-state index in [0.717, 1.165) is 0 Å². The fourth-order valence-corrected chi connectivity index (χ4v) is 2.44. The molecule has 0 atom stereocenters. The van der Waals surface area contributed by atoms with Crippen molar-refractivity contribution in [3.63, 3.8) is 0 Å². The Balaban J connectivity index is 1.97. The number of aryl methyl sites for hydroxylation is 1. The number of benzene rings is 1. The molecule has 22 heavy (non-hydrogen) atoms. The van der Waals surface area contributed by atoms with Crippen molar-refractivity contribution < 1.29 is 27.9 Å². The number of carbonyl (C=O) groups is 2. The van der Waals surface area contributed by atoms with Gasteiger partial charge in [-0.25, -0.2) is 0 Å². The molecule has 2 N–H and O–H groups in total. The van der Waals surface area contributed by atoms with Crippen molar-refractivity contribution in [3.05, 3.63) is 35.4 Å². The second-order valence-corrected chi connectivity index (χ2v) is 5.45. The molecule has 2 rings (SSSR count). The molecule has 0 heterocycles. The Labute approximate surface area is 125 Å². The highest BCUT2D eigenvalue weighted by molar-refractivity contribution is 5.96. The maximum atomic E-state index is 12.3. The third-order valence-corrected chi connectivity index (χ3v) is 3.76. The van der Waals surface area contributed by atoms with E-state index in [-0.39, 0.29) is 18.0 Å². The number of hydrogen-bond acceptors (Lipinski definition) is 2. The van der Waals surface area contributed by atoms with Gasteiger partial charge in [0, 0.05) is 18.0 Å². The zero-order valence-corrected chi connectivity index (χ0v) is 11.7. The van der Waals surface area contributed by atoms with E-state index in [2.05, 4.69) is 5.32 Å². The van der Waals surface area contributed by atoms with E-state index in [9.17, 15) is 22.8 Å². The van der Waals surface area contributed by atoms with Crippen LogP contribution >= 0.6 is 0 Å². The molecule has 1 aromatic carbocycles. The number of carboxylic acid groups (broad SMARTS) is 1. The number of carbonyl (C=O) groups excluding carboxylic acids is 1. The van der Waals surface area contributed by atoms with E-state index in [0.29, 0.717) is 18.4 Å². The van der Waals surface area contributed by atoms with Gasteiger partial charge in [-0.05, 0) is 30.9 Å². The van der Waals surface area contributed by atoms with Crippen molar-refractivity contribution in [2.45, 2.75) is 37.9 Å². The maximum Gasteiger partial charge on any atom is 0.389 e. The molecule has 0 unspecified atom stereocenters. The van der Waals surface area contributed by atoms with Crippen LogP contribution in [-0.2, 0) is 11.2 Å². The summed E-state index contributed by atoms with van der Waals surface area (Å²) in [7, 11) is 0. The van der Waals surface area contributed by atoms with Gasteiger partial charge in [0.15, 0.2) is 0 Å². The average Bonchev–Trinajstić information content (AvgIpc) is 2.39. The molecule has 0 aliphatic heterocycles. The van der Waals surface area contributed by atoms with Crippen LogP contribution in [0.5, 0.6) is 0 Å². The van der Waals surface area contributed by atoms with Crippen LogP contribution in [0.2, 0.25) is 0 Å². The minimum Gasteiger partial charge on any atom is -0.481 e. The Morgan fingerprint density at radius 3 is 2.45 bits per heavy atom. The molecule has 0 spiro atoms. The van der Waals surface area contributed by atoms with Crippen LogP contribution in [0.3, 0.4) is 0 Å². The molecule has 1 saturated carbocycles. The highest BCUT2D eigenvalue weighted by atomic mass is 19.4. The second kappa shape index (κ2) is 6.37. The first kappa shape index (κ1) is 16.3. The molecule has 1 aliphatic carbocycles. The molecule has 120 valence electrons. The Morgan fingerprint density at radius 1 is 1.23 bits per heavy atom. The fraction of sp³-hybridized carbons (Fsp3) is 0.467. The third-order valence-electron chi connectivity index (χ3n) is 3.76. The Morgan fingerprint density at radius 2 is 1.86 bits per heavy atom. The summed E-state index contributed by atoms with van der Waals surface area (Å²) in [4.78, 5) is 22.8. The molecule has 4 nitrogen and oxygen atoms in total. The number of aliphatic carboxylic acids is 1. The van der Waals surface area contributed by atoms with Gasteiger partial charge in [0.25, 0.3) is 5.91 Å². The van der Waals surface area contributed by atoms with Gasteiger partial charge < -0.3 is 10.4 Å². The number of amides is 1. The summed E-state index contributed by atoms with van der Waals surface area (Å²) in [5, 5.41) is 11.4. The molecule has 1 fully saturated rings. The van der Waals surface area contributed by atoms with Gasteiger partial charge >= 0.3 is 12.1 Å². The number of nitrogens with one attached hydrogen (secondary N) is 1. The lowest BCUT2D eigenvalue weighted by Gasteiger charge is -2.33. The van der Waals surface area contributed by atoms with Crippen molar-refractivity contribution in [2.75, 3.05) is 0 Å². The largest absolute Gasteiger partial charge is 0.481 e. The first-order valence-electron chi connectivity index (χ1n) is 6.94. The van der Waals surface area contributed by atoms with Gasteiger partial charge in [0.05, 0.1) is 5.92 Å². The van der Waals surface area contributed by atoms with Gasteiger partial charge in [-0.15, -0.1) is 0 Å². The summed E-state index contributed by atoms with van der Waals surface area (Å²) < 4.78 is 36.9. The number of hydrogen-bond donors (Lipinski definition) is 2. The maximum absolute atomic E-state index is 12.3. The van der Waals surface area contributed by atoms with Crippen molar-refractivity contribution in [2.24, 2.45) is 5.92 Å². The summed E-state index contributed by atoms with van der Waals surface area (Å²) in [5.41, 5.74) is 0.553. The standard InChI is InChI=1S/C15H16F3NO3/c16-15(17,18)6-5-9-3-1-2-4-12(9)13(20)19-11-7-10(8-11)14(21)22/h1-4,10-11H,5-8H2,(H,19,20)(H,21,22). The lowest BCUT2D eigenvalue weighted by Crippen LogP contribution is -2.46. The zero-order chi connectivity index (χ0) is 16.3. The lowest BCUT2D eigenvalue weighted by atomic mass is 9.80. The summed E-state index contributed by atoms with van der Waals surface area (Å²) in [6.45, 7) is 0. The van der Waals surface area contributed by atoms with E-state index in [1.54, 1.807) is 12.1 Å². The van der Waals surface area contributed by atoms with Crippen LogP contribution in [0.15, 0.2) is 24.3 Å². The number of rotatable bonds is 5. The van der Waals surface area contributed by atoms with E-state index in [1.807, 2.05) is 0 Å². The Bertz CT molecular complexity index is 565. The highest BCUT2D eigenvalue weighted by Gasteiger charge is 2.35. The average molecular weight is 315 g/mol. The van der Waals surface area contributed by atoms with E-state index in [4.69, 9.17) is 5.11 Å². The van der Waals surface area contributed by atoms with Crippen molar-refractivity contribution in [3.8, 4) is 0 Å². The van der Waals surface area contributed by atoms with Crippen LogP contribution in [0.1, 0.15) is 35.2 Å². The molecule has 0 bridgehead atoms. The molecule has 7 heteroatoms. The number of alkyl halides is 3. The molecule has 1 aromatic rings. The quantitative estimate of drug-likeness (QED) is 0.878. The zero-order valence-electron chi connectivity index (χ0n) is 11.7. The molecule has 1 amide bonds. The summed E-state index contributed by atoms with van der Waals surface area (Å²) >= 11 is 0. The molecular weight excluding hydrogens is 299 g/mol. The summed E-state index contributed by atoms with van der Waals surface area (Å²) in [5.74, 6) is -1.80. The topological polar surface area (TPSA) is 66.4 Å². The molecule has 1 aliphatic rings. The highest BCUT2D eigenvalue weighted by Crippen LogP contribution is 2.28. The van der Waals surface area contributed by atoms with Gasteiger partial charge in [-0.3, -0.25) is 9.59 Å². The number of carboxylic acids is 1. The Kier molecular flexibility index (Phi) is 4.73. The van der Waals surface area contributed by atoms with Gasteiger partial charge in [-0.2, -0.15) is 13.2 Å². The van der Waals surface area contributed by atoms with Crippen molar-refractivity contribution >= 4 is 11.9 Å². The lowest BCUT2D eigenvalue weighted by molar-refractivity contribution is -0.145. The minimum absolute atomic E-state index is 0.213. The van der Waals surface area contributed by atoms with Crippen LogP contribution in [0.4, 0.5) is 13.2 Å². The predicted molar refractivity (Wildman–Crippen MR) is 72.4 cm³/mol. The molecular formula is C15H16F3NO3. The fourth-order valence-electron chi connectivity index (χ4n) is 2.44. The smallest absolute Gasteiger partial charge is 0.389 e. The van der Waals surface area contributed by atoms with Crippen LogP contribution < -0.4 is 5.32 Å². The summed E-state index contributed by atoms with van der Waals surface area (Å²) in [6, 6.07) is 5.93. The Hall–Kier alpha value is -2.05. The molecule has 0 saturated heterocycles.